The second-order valence-corrected chi connectivity index (χ2v) is 37.9. The van der Waals surface area contributed by atoms with E-state index in [-0.39, 0.29) is 72.4 Å². The van der Waals surface area contributed by atoms with Crippen molar-refractivity contribution in [3.8, 4) is 0 Å². The summed E-state index contributed by atoms with van der Waals surface area (Å²) in [6.07, 6.45) is 15.8. The second kappa shape index (κ2) is 45.8. The van der Waals surface area contributed by atoms with Crippen molar-refractivity contribution in [2.45, 2.75) is 82.7 Å². The predicted molar refractivity (Wildman–Crippen MR) is 557 cm³/mol. The van der Waals surface area contributed by atoms with Crippen LogP contribution in [0.25, 0.3) is 54.6 Å². The maximum absolute atomic E-state index is 13.3. The first-order chi connectivity index (χ1) is 69.9. The summed E-state index contributed by atoms with van der Waals surface area (Å²) in [5, 5.41) is 16.0. The number of nitrogens with zero attached hydrogens (tertiary/aromatic N) is 13. The zero-order valence-electron chi connectivity index (χ0n) is 80.7. The Hall–Kier alpha value is -14.5. The van der Waals surface area contributed by atoms with Gasteiger partial charge in [-0.3, -0.25) is 53.4 Å². The molecule has 2 aliphatic carbocycles. The third kappa shape index (κ3) is 24.9. The first-order valence-electron chi connectivity index (χ1n) is 49.4. The third-order valence-corrected chi connectivity index (χ3v) is 27.8. The number of carbonyl (C=O) groups excluding carboxylic acids is 5. The molecular formula is C112H119F5N20O7. The summed E-state index contributed by atoms with van der Waals surface area (Å²) in [6.45, 7) is 22.5. The first-order valence-corrected chi connectivity index (χ1v) is 49.4. The SMILES string of the molecule is CN1CCN(c2ccc3cc(C(=O)Cc4ccc(F)cc4N)cnc3c2C2CC2)CC1.Nc1cc(F)ccc1CC(=O)c1ccc2c(cnn2CCN2CCOCC2)c1.Nc1cc(F)ccc1CC(=O)c1cnc2c(C3CC3)c(N3CCNCC3)ccc2c1.Nc1cc(F)ccc1CC(=O)c1cnc2c(ccn2CCN2CCOCC2)c1.Nc1cc(F)ccc1CC(=O)c1cnc2cc(N3CCNCC3)ccc2c1. The fourth-order valence-electron chi connectivity index (χ4n) is 19.2. The molecule has 0 spiro atoms. The number of anilines is 8. The van der Waals surface area contributed by atoms with E-state index in [1.165, 1.54) is 109 Å². The van der Waals surface area contributed by atoms with Gasteiger partial charge in [-0.15, -0.1) is 0 Å². The number of ketones is 5. The Balaban J connectivity index is 0.000000119. The number of rotatable bonds is 26. The van der Waals surface area contributed by atoms with E-state index in [1.54, 1.807) is 61.3 Å². The van der Waals surface area contributed by atoms with Gasteiger partial charge in [0.05, 0.1) is 61.2 Å². The predicted octanol–water partition coefficient (Wildman–Crippen LogP) is 15.5. The number of likely N-dealkylation sites (N-methyl/N-ethyl adjacent to an activating group) is 1. The van der Waals surface area contributed by atoms with Gasteiger partial charge < -0.3 is 72.9 Å². The number of nitrogens with two attached hydrogens (primary N) is 5. The zero-order chi connectivity index (χ0) is 100. The van der Waals surface area contributed by atoms with Crippen molar-refractivity contribution in [3.05, 3.63) is 315 Å². The summed E-state index contributed by atoms with van der Waals surface area (Å²) in [5.41, 5.74) is 47.7. The lowest BCUT2D eigenvalue weighted by Crippen LogP contribution is -2.44. The zero-order valence-corrected chi connectivity index (χ0v) is 80.7. The largest absolute Gasteiger partial charge is 0.398 e. The van der Waals surface area contributed by atoms with Gasteiger partial charge in [-0.25, -0.2) is 26.9 Å². The summed E-state index contributed by atoms with van der Waals surface area (Å²) in [7, 11) is 2.17. The molecule has 0 radical (unpaired) electrons. The number of piperazine rings is 3. The van der Waals surface area contributed by atoms with Crippen molar-refractivity contribution in [1.82, 2.24) is 59.6 Å². The Morgan fingerprint density at radius 1 is 0.354 bits per heavy atom. The molecule has 5 aliphatic heterocycles. The van der Waals surface area contributed by atoms with Crippen molar-refractivity contribution >= 4 is 129 Å². The molecule has 15 aromatic rings. The quantitative estimate of drug-likeness (QED) is 0.0150. The lowest BCUT2D eigenvalue weighted by atomic mass is 9.98. The van der Waals surface area contributed by atoms with E-state index in [4.69, 9.17) is 48.1 Å². The molecule has 12 N–H and O–H groups in total. The van der Waals surface area contributed by atoms with Crippen LogP contribution in [0.2, 0.25) is 0 Å². The average Bonchev–Trinajstić information content (AvgIpc) is 1.57. The molecule has 6 aromatic heterocycles. The van der Waals surface area contributed by atoms with E-state index < -0.39 is 29.1 Å². The number of nitrogen functional groups attached to an aromatic ring is 5. The van der Waals surface area contributed by atoms with Crippen LogP contribution in [0.15, 0.2) is 219 Å². The van der Waals surface area contributed by atoms with Crippen LogP contribution in [0.5, 0.6) is 0 Å². The molecule has 144 heavy (non-hydrogen) atoms. The number of Topliss-reactive ketones (excluding diaryl/α,β-unsaturated/α-hetero) is 5. The Morgan fingerprint density at radius 2 is 0.736 bits per heavy atom. The molecule has 7 fully saturated rings. The molecule has 9 aromatic carbocycles. The number of halogens is 5. The summed E-state index contributed by atoms with van der Waals surface area (Å²) in [4.78, 5) is 96.4. The maximum Gasteiger partial charge on any atom is 0.168 e. The minimum Gasteiger partial charge on any atom is -0.398 e. The van der Waals surface area contributed by atoms with Gasteiger partial charge in [0.25, 0.3) is 0 Å². The van der Waals surface area contributed by atoms with Crippen LogP contribution in [-0.2, 0) is 54.7 Å². The van der Waals surface area contributed by atoms with Crippen molar-refractivity contribution in [2.24, 2.45) is 0 Å². The number of aromatic nitrogens is 7. The molecule has 2 saturated carbocycles. The topological polar surface area (TPSA) is 352 Å². The van der Waals surface area contributed by atoms with Crippen LogP contribution in [0.1, 0.15) is 128 Å². The van der Waals surface area contributed by atoms with Crippen LogP contribution in [0, 0.1) is 29.1 Å². The number of fused-ring (bicyclic) bond motifs is 5. The van der Waals surface area contributed by atoms with Crippen molar-refractivity contribution < 1.29 is 55.4 Å². The van der Waals surface area contributed by atoms with Crippen LogP contribution in [0.4, 0.5) is 67.5 Å². The van der Waals surface area contributed by atoms with Crippen LogP contribution in [0.3, 0.4) is 0 Å². The number of carbonyl (C=O) groups is 5. The van der Waals surface area contributed by atoms with Crippen LogP contribution >= 0.6 is 0 Å². The highest BCUT2D eigenvalue weighted by atomic mass is 19.1. The van der Waals surface area contributed by atoms with E-state index in [0.717, 1.165) is 218 Å². The molecule has 0 amide bonds. The molecule has 27 nitrogen and oxygen atoms in total. The lowest BCUT2D eigenvalue weighted by molar-refractivity contribution is 0.0361. The molecule has 7 aliphatic rings. The number of pyridine rings is 4. The summed E-state index contributed by atoms with van der Waals surface area (Å²) >= 11 is 0. The molecule has 5 saturated heterocycles. The van der Waals surface area contributed by atoms with Gasteiger partial charge in [0.2, 0.25) is 0 Å². The van der Waals surface area contributed by atoms with Crippen LogP contribution in [-0.4, -0.2) is 229 Å². The Labute approximate surface area is 831 Å². The Morgan fingerprint density at radius 3 is 1.17 bits per heavy atom. The van der Waals surface area contributed by atoms with Gasteiger partial charge in [-0.1, -0.05) is 48.5 Å². The van der Waals surface area contributed by atoms with Gasteiger partial charge in [0.1, 0.15) is 34.7 Å². The highest BCUT2D eigenvalue weighted by Crippen LogP contribution is 2.49. The number of hydrogen-bond acceptors (Lipinski definition) is 25. The number of ether oxygens (including phenoxy) is 2. The number of benzene rings is 9. The van der Waals surface area contributed by atoms with Gasteiger partial charge in [0.15, 0.2) is 28.9 Å². The molecular weight excluding hydrogens is 1830 g/mol. The van der Waals surface area contributed by atoms with E-state index in [2.05, 4.69) is 103 Å². The maximum atomic E-state index is 13.3. The third-order valence-electron chi connectivity index (χ3n) is 27.8. The normalized spacial score (nSPS) is 15.8. The lowest BCUT2D eigenvalue weighted by Gasteiger charge is -2.35. The van der Waals surface area contributed by atoms with E-state index in [9.17, 15) is 45.9 Å². The molecule has 11 heterocycles. The standard InChI is InChI=1S/C25H27FN4O.C24H25FN4O.2C21H23FN4O2.C21H21FN4O/c1-29-8-10-30(11-9-29)22-7-5-18-12-19(15-28-25(18)24(22)16-2-3-16)23(31)13-17-4-6-20(26)14-21(17)27;25-19-5-3-16(20(26)13-19)12-22(30)18-11-17-4-6-21(29-9-7-27-8-10-29)23(15-1-2-15)24(17)28-14-18;22-18-3-1-15(19(23)13-18)12-21(27)16-2-4-20-17(11-16)14-24-26(20)6-5-25-7-9-28-10-8-25;22-18-2-1-15(19(23)13-18)12-20(27)17-11-16-3-4-26(21(16)24-14-17)6-5-25-7-9-28-10-8-25;22-17-3-1-14(19(23)11-17)10-21(27)16-9-15-2-4-18(12-20(15)25-13-16)26-7-5-24-6-8-26/h4-7,12,14-16H,2-3,8-11,13,27H2,1H3;3-6,11,13-15,27H,1-2,7-10,12,26H2;2*1-4,11,13-14H,5-10,12,23H2;1-4,9,11-13,24H,5-8,10,23H2. The van der Waals surface area contributed by atoms with Gasteiger partial charge >= 0.3 is 0 Å². The number of hydrogen-bond donors (Lipinski definition) is 7. The van der Waals surface area contributed by atoms with Crippen LogP contribution < -0.4 is 54.0 Å². The second-order valence-electron chi connectivity index (χ2n) is 37.9. The Bertz CT molecular complexity index is 7060. The highest BCUT2D eigenvalue weighted by molar-refractivity contribution is 6.05. The van der Waals surface area contributed by atoms with E-state index >= 15 is 0 Å². The first kappa shape index (κ1) is 99.6. The molecule has 744 valence electrons. The van der Waals surface area contributed by atoms with Crippen molar-refractivity contribution in [2.75, 3.05) is 195 Å². The molecule has 32 heteroatoms. The Kier molecular flexibility index (Phi) is 31.7. The molecule has 0 bridgehead atoms. The average molecular weight is 1950 g/mol. The number of nitrogens with one attached hydrogen (secondary N) is 2. The summed E-state index contributed by atoms with van der Waals surface area (Å²) < 4.78 is 80.9. The minimum atomic E-state index is -0.407. The monoisotopic (exact) mass is 1950 g/mol. The van der Waals surface area contributed by atoms with E-state index in [0.29, 0.717) is 84.5 Å². The van der Waals surface area contributed by atoms with E-state index in [1.807, 2.05) is 65.5 Å². The summed E-state index contributed by atoms with van der Waals surface area (Å²) in [6, 6.07) is 50.5. The van der Waals surface area contributed by atoms with Gasteiger partial charge in [-0.2, -0.15) is 5.10 Å². The molecule has 22 rings (SSSR count). The minimum absolute atomic E-state index is 0.0544. The molecule has 0 unspecified atom stereocenters. The summed E-state index contributed by atoms with van der Waals surface area (Å²) in [5.74, 6) is -1.26. The van der Waals surface area contributed by atoms with Crippen molar-refractivity contribution in [1.29, 1.82) is 0 Å². The fourth-order valence-corrected chi connectivity index (χ4v) is 19.2. The fraction of sp³-hybridized carbons (Fsp3) is 0.321. The van der Waals surface area contributed by atoms with Gasteiger partial charge in [-0.05, 0) is 206 Å². The smallest absolute Gasteiger partial charge is 0.168 e. The number of morpholine rings is 2. The van der Waals surface area contributed by atoms with Crippen molar-refractivity contribution in [3.63, 3.8) is 0 Å². The highest BCUT2D eigenvalue weighted by Gasteiger charge is 2.34. The van der Waals surface area contributed by atoms with Gasteiger partial charge in [0, 0.05) is 299 Å². The molecule has 0 atom stereocenters.